The fourth-order valence-electron chi connectivity index (χ4n) is 1.69. The van der Waals surface area contributed by atoms with Gasteiger partial charge in [0, 0.05) is 11.9 Å². The summed E-state index contributed by atoms with van der Waals surface area (Å²) in [6.45, 7) is 0. The number of nitrogens with zero attached hydrogens (tertiary/aromatic N) is 1. The zero-order valence-electron chi connectivity index (χ0n) is 7.58. The van der Waals surface area contributed by atoms with Crippen molar-refractivity contribution in [3.63, 3.8) is 0 Å². The van der Waals surface area contributed by atoms with Gasteiger partial charge in [-0.2, -0.15) is 0 Å². The van der Waals surface area contributed by atoms with Crippen LogP contribution in [0.25, 0.3) is 0 Å². The van der Waals surface area contributed by atoms with Gasteiger partial charge in [0.25, 0.3) is 0 Å². The quantitative estimate of drug-likeness (QED) is 0.616. The van der Waals surface area contributed by atoms with Crippen molar-refractivity contribution in [1.29, 1.82) is 0 Å². The first-order chi connectivity index (χ1) is 6.36. The zero-order chi connectivity index (χ0) is 8.84. The van der Waals surface area contributed by atoms with Gasteiger partial charge in [0.15, 0.2) is 0 Å². The van der Waals surface area contributed by atoms with E-state index in [4.69, 9.17) is 0 Å². The second kappa shape index (κ2) is 2.55. The Kier molecular flexibility index (Phi) is 1.47. The highest BCUT2D eigenvalue weighted by molar-refractivity contribution is 8.03. The zero-order valence-corrected chi connectivity index (χ0v) is 8.40. The van der Waals surface area contributed by atoms with Gasteiger partial charge in [-0.3, -0.25) is 0 Å². The van der Waals surface area contributed by atoms with Gasteiger partial charge in [-0.05, 0) is 30.5 Å². The Morgan fingerprint density at radius 1 is 1.23 bits per heavy atom. The molecule has 1 nitrogen and oxygen atoms in total. The lowest BCUT2D eigenvalue weighted by Crippen LogP contribution is -2.09. The molecule has 0 unspecified atom stereocenters. The summed E-state index contributed by atoms with van der Waals surface area (Å²) in [7, 11) is 2.17. The largest absolute Gasteiger partial charge is 0.338 e. The van der Waals surface area contributed by atoms with E-state index in [1.807, 2.05) is 11.8 Å². The summed E-state index contributed by atoms with van der Waals surface area (Å²) in [5, 5.41) is 1.47. The Hall–Kier alpha value is -0.890. The second-order valence-corrected chi connectivity index (χ2v) is 4.57. The van der Waals surface area contributed by atoms with Crippen LogP contribution in [0, 0.1) is 0 Å². The fraction of sp³-hybridized carbons (Fsp3) is 0.273. The molecule has 0 radical (unpaired) electrons. The molecule has 1 saturated carbocycles. The number of allylic oxidation sites excluding steroid dienone is 1. The molecule has 0 aromatic heterocycles. The molecule has 2 heteroatoms. The first-order valence-corrected chi connectivity index (χ1v) is 5.40. The Morgan fingerprint density at radius 2 is 2.00 bits per heavy atom. The Morgan fingerprint density at radius 3 is 2.69 bits per heavy atom. The minimum atomic E-state index is 1.31. The Bertz CT molecular complexity index is 389. The molecule has 0 amide bonds. The van der Waals surface area contributed by atoms with Crippen molar-refractivity contribution in [2.75, 3.05) is 11.9 Å². The maximum atomic E-state index is 2.32. The minimum Gasteiger partial charge on any atom is -0.338 e. The molecule has 0 saturated heterocycles. The highest BCUT2D eigenvalue weighted by Crippen LogP contribution is 2.50. The summed E-state index contributed by atoms with van der Waals surface area (Å²) >= 11 is 1.92. The average Bonchev–Trinajstić information content (AvgIpc) is 2.94. The summed E-state index contributed by atoms with van der Waals surface area (Å²) in [5.74, 6) is 0. The molecule has 0 spiro atoms. The molecule has 1 aliphatic carbocycles. The van der Waals surface area contributed by atoms with E-state index in [-0.39, 0.29) is 0 Å². The maximum Gasteiger partial charge on any atom is 0.0790 e. The number of hydrogen-bond acceptors (Lipinski definition) is 2. The van der Waals surface area contributed by atoms with Crippen LogP contribution in [0.15, 0.2) is 39.8 Å². The monoisotopic (exact) mass is 189 g/mol. The van der Waals surface area contributed by atoms with Gasteiger partial charge in [-0.1, -0.05) is 23.9 Å². The normalized spacial score (nSPS) is 19.3. The van der Waals surface area contributed by atoms with Gasteiger partial charge >= 0.3 is 0 Å². The van der Waals surface area contributed by atoms with Gasteiger partial charge in [-0.15, -0.1) is 0 Å². The van der Waals surface area contributed by atoms with Gasteiger partial charge in [-0.25, -0.2) is 0 Å². The van der Waals surface area contributed by atoms with Crippen LogP contribution in [0.4, 0.5) is 5.69 Å². The third-order valence-corrected chi connectivity index (χ3v) is 3.86. The fourth-order valence-corrected chi connectivity index (χ4v) is 2.94. The summed E-state index contributed by atoms with van der Waals surface area (Å²) in [5.41, 5.74) is 2.99. The summed E-state index contributed by atoms with van der Waals surface area (Å²) in [6, 6.07) is 8.61. The number of fused-ring (bicyclic) bond motifs is 1. The van der Waals surface area contributed by atoms with Gasteiger partial charge in [0.1, 0.15) is 0 Å². The second-order valence-electron chi connectivity index (χ2n) is 3.54. The summed E-state index contributed by atoms with van der Waals surface area (Å²) in [4.78, 5) is 3.72. The SMILES string of the molecule is CN1C(=C2CC2)Sc2ccccc21. The molecular weight excluding hydrogens is 178 g/mol. The van der Waals surface area contributed by atoms with E-state index < -0.39 is 0 Å². The maximum absolute atomic E-state index is 2.32. The summed E-state index contributed by atoms with van der Waals surface area (Å²) in [6.07, 6.45) is 2.61. The number of rotatable bonds is 0. The molecular formula is C11H11NS. The number of anilines is 1. The number of benzene rings is 1. The van der Waals surface area contributed by atoms with Crippen LogP contribution >= 0.6 is 11.8 Å². The van der Waals surface area contributed by atoms with Crippen LogP contribution in [0.2, 0.25) is 0 Å². The van der Waals surface area contributed by atoms with Crippen molar-refractivity contribution in [3.05, 3.63) is 34.9 Å². The molecule has 13 heavy (non-hydrogen) atoms. The van der Waals surface area contributed by atoms with E-state index in [2.05, 4.69) is 36.2 Å². The van der Waals surface area contributed by atoms with Crippen molar-refractivity contribution in [2.45, 2.75) is 17.7 Å². The molecule has 0 bridgehead atoms. The Balaban J connectivity index is 2.11. The topological polar surface area (TPSA) is 3.24 Å². The molecule has 0 atom stereocenters. The van der Waals surface area contributed by atoms with Crippen molar-refractivity contribution in [1.82, 2.24) is 0 Å². The highest BCUT2D eigenvalue weighted by Gasteiger charge is 2.28. The van der Waals surface area contributed by atoms with Crippen LogP contribution in [0.1, 0.15) is 12.8 Å². The van der Waals surface area contributed by atoms with Gasteiger partial charge in [0.2, 0.25) is 0 Å². The van der Waals surface area contributed by atoms with Crippen molar-refractivity contribution in [3.8, 4) is 0 Å². The average molecular weight is 189 g/mol. The molecule has 3 rings (SSSR count). The smallest absolute Gasteiger partial charge is 0.0790 e. The highest BCUT2D eigenvalue weighted by atomic mass is 32.2. The van der Waals surface area contributed by atoms with Crippen molar-refractivity contribution in [2.24, 2.45) is 0 Å². The van der Waals surface area contributed by atoms with E-state index in [1.54, 1.807) is 5.57 Å². The first kappa shape index (κ1) is 7.51. The van der Waals surface area contributed by atoms with Crippen LogP contribution in [0.3, 0.4) is 0 Å². The third-order valence-electron chi connectivity index (χ3n) is 2.54. The molecule has 0 N–H and O–H groups in total. The standard InChI is InChI=1S/C11H11NS/c1-12-9-4-2-3-5-10(9)13-11(12)8-6-7-8/h2-5H,6-7H2,1H3. The summed E-state index contributed by atoms with van der Waals surface area (Å²) < 4.78 is 0. The molecule has 66 valence electrons. The van der Waals surface area contributed by atoms with E-state index in [9.17, 15) is 0 Å². The lowest BCUT2D eigenvalue weighted by atomic mass is 10.3. The Labute approximate surface area is 82.4 Å². The molecule has 1 aromatic rings. The van der Waals surface area contributed by atoms with Crippen molar-refractivity contribution >= 4 is 17.4 Å². The van der Waals surface area contributed by atoms with Crippen LogP contribution in [-0.4, -0.2) is 7.05 Å². The molecule has 1 fully saturated rings. The third kappa shape index (κ3) is 1.09. The van der Waals surface area contributed by atoms with Crippen molar-refractivity contribution < 1.29 is 0 Å². The van der Waals surface area contributed by atoms with E-state index in [0.29, 0.717) is 0 Å². The van der Waals surface area contributed by atoms with Crippen LogP contribution in [0.5, 0.6) is 0 Å². The molecule has 1 heterocycles. The van der Waals surface area contributed by atoms with E-state index in [1.165, 1.54) is 28.5 Å². The first-order valence-electron chi connectivity index (χ1n) is 4.59. The van der Waals surface area contributed by atoms with Crippen LogP contribution < -0.4 is 4.90 Å². The lowest BCUT2D eigenvalue weighted by molar-refractivity contribution is 1.17. The minimum absolute atomic E-state index is 1.31. The number of thioether (sulfide) groups is 1. The lowest BCUT2D eigenvalue weighted by Gasteiger charge is -2.12. The molecule has 2 aliphatic rings. The predicted octanol–water partition coefficient (Wildman–Crippen LogP) is 3.23. The predicted molar refractivity (Wildman–Crippen MR) is 57.0 cm³/mol. The number of hydrogen-bond donors (Lipinski definition) is 0. The van der Waals surface area contributed by atoms with E-state index in [0.717, 1.165) is 0 Å². The number of para-hydroxylation sites is 1. The van der Waals surface area contributed by atoms with E-state index >= 15 is 0 Å². The molecule has 1 aromatic carbocycles. The van der Waals surface area contributed by atoms with Gasteiger partial charge < -0.3 is 4.90 Å². The van der Waals surface area contributed by atoms with Gasteiger partial charge in [0.05, 0.1) is 10.7 Å². The van der Waals surface area contributed by atoms with Crippen LogP contribution in [-0.2, 0) is 0 Å². The molecule has 1 aliphatic heterocycles.